The van der Waals surface area contributed by atoms with Gasteiger partial charge in [-0.25, -0.2) is 9.13 Å². The number of quaternary nitrogens is 1. The average molecular weight is 479 g/mol. The predicted octanol–water partition coefficient (Wildman–Crippen LogP) is 3.99. The van der Waals surface area contributed by atoms with Crippen LogP contribution in [0.5, 0.6) is 0 Å². The van der Waals surface area contributed by atoms with Gasteiger partial charge in [0.05, 0.1) is 40.4 Å². The summed E-state index contributed by atoms with van der Waals surface area (Å²) in [6, 6.07) is 17.0. The molecule has 3 rings (SSSR count). The Balaban J connectivity index is 1.39. The lowest BCUT2D eigenvalue weighted by molar-refractivity contribution is -0.890. The van der Waals surface area contributed by atoms with Crippen LogP contribution in [-0.2, 0) is 14.1 Å². The summed E-state index contributed by atoms with van der Waals surface area (Å²) in [5.41, 5.74) is 3.68. The van der Waals surface area contributed by atoms with Crippen molar-refractivity contribution in [3.8, 4) is 0 Å². The predicted molar refractivity (Wildman–Crippen MR) is 143 cm³/mol. The third kappa shape index (κ3) is 8.26. The first-order valence-electron chi connectivity index (χ1n) is 12.0. The van der Waals surface area contributed by atoms with Crippen LogP contribution in [0.1, 0.15) is 24.1 Å². The molecular formula is C28H40N5S+3. The van der Waals surface area contributed by atoms with Gasteiger partial charge in [-0.3, -0.25) is 0 Å². The number of thioether (sulfide) groups is 1. The Morgan fingerprint density at radius 1 is 0.912 bits per heavy atom. The first-order valence-corrected chi connectivity index (χ1v) is 13.0. The quantitative estimate of drug-likeness (QED) is 0.129. The molecule has 0 unspecified atom stereocenters. The Morgan fingerprint density at radius 3 is 2.38 bits per heavy atom. The van der Waals surface area contributed by atoms with Gasteiger partial charge in [-0.15, -0.1) is 0 Å². The van der Waals surface area contributed by atoms with E-state index in [-0.39, 0.29) is 0 Å². The molecule has 0 saturated carbocycles. The van der Waals surface area contributed by atoms with Gasteiger partial charge in [0.25, 0.3) is 0 Å². The molecule has 0 aliphatic rings. The molecule has 0 aliphatic carbocycles. The molecule has 1 aromatic carbocycles. The maximum absolute atomic E-state index is 4.45. The second-order valence-electron chi connectivity index (χ2n) is 9.53. The standard InChI is InChI=1S/C28H40N5S/c1-30-19-7-6-11-26(30)15-12-25-13-16-27(17-14-25)31(2)21-9-22-33(4,5)23-10-24-34-28-29-18-8-20-32(28)3/h6-8,11-20H,9-10,21-24H2,1-5H3/q+3. The molecule has 0 saturated heterocycles. The second-order valence-corrected chi connectivity index (χ2v) is 10.6. The summed E-state index contributed by atoms with van der Waals surface area (Å²) in [6.45, 7) is 3.43. The van der Waals surface area contributed by atoms with Crippen LogP contribution in [0.3, 0.4) is 0 Å². The van der Waals surface area contributed by atoms with E-state index < -0.39 is 0 Å². The van der Waals surface area contributed by atoms with Gasteiger partial charge in [0.2, 0.25) is 5.69 Å². The van der Waals surface area contributed by atoms with E-state index in [0.29, 0.717) is 0 Å². The number of pyridine rings is 1. The topological polar surface area (TPSA) is 23.9 Å². The van der Waals surface area contributed by atoms with Gasteiger partial charge in [-0.05, 0) is 46.6 Å². The molecule has 2 heterocycles. The van der Waals surface area contributed by atoms with Gasteiger partial charge in [0.1, 0.15) is 13.2 Å². The molecule has 3 aromatic rings. The van der Waals surface area contributed by atoms with Crippen molar-refractivity contribution >= 4 is 29.6 Å². The molecule has 180 valence electrons. The Kier molecular flexibility index (Phi) is 9.66. The van der Waals surface area contributed by atoms with Crippen LogP contribution < -0.4 is 14.0 Å². The minimum atomic E-state index is 1.06. The van der Waals surface area contributed by atoms with Crippen LogP contribution >= 0.6 is 11.8 Å². The van der Waals surface area contributed by atoms with E-state index in [1.165, 1.54) is 42.9 Å². The van der Waals surface area contributed by atoms with Crippen molar-refractivity contribution in [2.24, 2.45) is 14.1 Å². The maximum atomic E-state index is 4.45. The van der Waals surface area contributed by atoms with Crippen molar-refractivity contribution in [1.82, 2.24) is 4.98 Å². The lowest BCUT2D eigenvalue weighted by Gasteiger charge is -2.31. The molecule has 0 bridgehead atoms. The number of benzene rings is 1. The Bertz CT molecular complexity index is 1060. The molecular weight excluding hydrogens is 438 g/mol. The number of anilines is 1. The summed E-state index contributed by atoms with van der Waals surface area (Å²) < 4.78 is 5.27. The fourth-order valence-corrected chi connectivity index (χ4v) is 4.79. The van der Waals surface area contributed by atoms with Crippen LogP contribution in [0.15, 0.2) is 72.3 Å². The summed E-state index contributed by atoms with van der Waals surface area (Å²) in [6.07, 6.45) is 12.7. The van der Waals surface area contributed by atoms with Crippen LogP contribution in [0.4, 0.5) is 5.69 Å². The minimum Gasteiger partial charge on any atom is -0.374 e. The Hall–Kier alpha value is -2.70. The SMILES string of the molecule is CN(CCC[N+](C)(C)CCCSc1nccc[n+]1C)c1ccc(/C=C/c2cccc[n+]2C)cc1. The number of hydrogen-bond donors (Lipinski definition) is 0. The number of aromatic nitrogens is 3. The van der Waals surface area contributed by atoms with Gasteiger partial charge >= 0.3 is 5.16 Å². The summed E-state index contributed by atoms with van der Waals surface area (Å²) >= 11 is 1.85. The average Bonchev–Trinajstić information content (AvgIpc) is 2.82. The number of aryl methyl sites for hydroxylation is 2. The first-order chi connectivity index (χ1) is 16.3. The first kappa shape index (κ1) is 25.9. The smallest absolute Gasteiger partial charge is 0.358 e. The molecule has 6 heteroatoms. The highest BCUT2D eigenvalue weighted by atomic mass is 32.2. The van der Waals surface area contributed by atoms with Crippen LogP contribution in [0.2, 0.25) is 0 Å². The molecule has 0 spiro atoms. The van der Waals surface area contributed by atoms with Crippen molar-refractivity contribution in [3.05, 3.63) is 78.4 Å². The van der Waals surface area contributed by atoms with Crippen molar-refractivity contribution < 1.29 is 13.6 Å². The fraction of sp³-hybridized carbons (Fsp3) is 0.393. The summed E-state index contributed by atoms with van der Waals surface area (Å²) in [5, 5.41) is 1.09. The van der Waals surface area contributed by atoms with E-state index >= 15 is 0 Å². The minimum absolute atomic E-state index is 1.06. The summed E-state index contributed by atoms with van der Waals surface area (Å²) in [4.78, 5) is 6.82. The van der Waals surface area contributed by atoms with Crippen LogP contribution in [0.25, 0.3) is 12.2 Å². The molecule has 34 heavy (non-hydrogen) atoms. The molecule has 5 nitrogen and oxygen atoms in total. The highest BCUT2D eigenvalue weighted by molar-refractivity contribution is 7.99. The maximum Gasteiger partial charge on any atom is 0.358 e. The third-order valence-corrected chi connectivity index (χ3v) is 7.30. The van der Waals surface area contributed by atoms with Gasteiger partial charge in [-0.1, -0.05) is 12.1 Å². The highest BCUT2D eigenvalue weighted by Crippen LogP contribution is 2.17. The van der Waals surface area contributed by atoms with Crippen LogP contribution in [-0.4, -0.2) is 56.0 Å². The van der Waals surface area contributed by atoms with E-state index in [1.54, 1.807) is 0 Å². The molecule has 0 radical (unpaired) electrons. The lowest BCUT2D eigenvalue weighted by Crippen LogP contribution is -2.42. The third-order valence-electron chi connectivity index (χ3n) is 6.15. The fourth-order valence-electron chi connectivity index (χ4n) is 3.93. The summed E-state index contributed by atoms with van der Waals surface area (Å²) in [5.74, 6) is 1.11. The lowest BCUT2D eigenvalue weighted by atomic mass is 10.1. The van der Waals surface area contributed by atoms with Crippen molar-refractivity contribution in [1.29, 1.82) is 0 Å². The molecule has 0 atom stereocenters. The van der Waals surface area contributed by atoms with Gasteiger partial charge in [-0.2, -0.15) is 0 Å². The molecule has 0 amide bonds. The van der Waals surface area contributed by atoms with Gasteiger partial charge in [0, 0.05) is 62.1 Å². The Morgan fingerprint density at radius 2 is 1.65 bits per heavy atom. The van der Waals surface area contributed by atoms with Gasteiger partial charge in [0.15, 0.2) is 6.20 Å². The molecule has 0 aliphatic heterocycles. The zero-order valence-corrected chi connectivity index (χ0v) is 22.2. The molecule has 0 N–H and O–H groups in total. The normalized spacial score (nSPS) is 11.8. The van der Waals surface area contributed by atoms with Crippen LogP contribution in [0, 0.1) is 0 Å². The summed E-state index contributed by atoms with van der Waals surface area (Å²) in [7, 11) is 11.0. The molecule has 2 aromatic heterocycles. The number of hydrogen-bond acceptors (Lipinski definition) is 3. The largest absolute Gasteiger partial charge is 0.374 e. The van der Waals surface area contributed by atoms with Gasteiger partial charge < -0.3 is 9.38 Å². The van der Waals surface area contributed by atoms with E-state index in [4.69, 9.17) is 0 Å². The molecule has 0 fully saturated rings. The van der Waals surface area contributed by atoms with E-state index in [9.17, 15) is 0 Å². The monoisotopic (exact) mass is 478 g/mol. The Labute approximate surface area is 210 Å². The highest BCUT2D eigenvalue weighted by Gasteiger charge is 2.16. The number of rotatable bonds is 12. The van der Waals surface area contributed by atoms with Crippen molar-refractivity contribution in [2.75, 3.05) is 51.4 Å². The van der Waals surface area contributed by atoms with E-state index in [1.807, 2.05) is 30.1 Å². The number of nitrogens with zero attached hydrogens (tertiary/aromatic N) is 5. The van der Waals surface area contributed by atoms with Crippen molar-refractivity contribution in [3.63, 3.8) is 0 Å². The zero-order chi connectivity index (χ0) is 24.4. The van der Waals surface area contributed by atoms with Crippen molar-refractivity contribution in [2.45, 2.75) is 18.0 Å². The zero-order valence-electron chi connectivity index (χ0n) is 21.4. The van der Waals surface area contributed by atoms with E-state index in [2.05, 4.69) is 115 Å². The second kappa shape index (κ2) is 12.7. The van der Waals surface area contributed by atoms with E-state index in [0.717, 1.165) is 21.9 Å².